The lowest BCUT2D eigenvalue weighted by atomic mass is 9.66. The van der Waals surface area contributed by atoms with Gasteiger partial charge in [0.1, 0.15) is 0 Å². The molecule has 2 aliphatic heterocycles. The van der Waals surface area contributed by atoms with Crippen LogP contribution < -0.4 is 0 Å². The van der Waals surface area contributed by atoms with Gasteiger partial charge in [-0.05, 0) is 51.4 Å². The molecular formula is C18H32O3. The summed E-state index contributed by atoms with van der Waals surface area (Å²) in [6, 6.07) is 0. The summed E-state index contributed by atoms with van der Waals surface area (Å²) in [6.45, 7) is 5.85. The highest BCUT2D eigenvalue weighted by Gasteiger charge is 2.50. The quantitative estimate of drug-likeness (QED) is 0.842. The second-order valence-corrected chi connectivity index (χ2v) is 7.96. The first kappa shape index (κ1) is 15.8. The van der Waals surface area contributed by atoms with Gasteiger partial charge in [0, 0.05) is 13.0 Å². The van der Waals surface area contributed by atoms with Crippen molar-refractivity contribution in [2.24, 2.45) is 5.92 Å². The zero-order chi connectivity index (χ0) is 15.0. The van der Waals surface area contributed by atoms with Gasteiger partial charge in [-0.25, -0.2) is 0 Å². The van der Waals surface area contributed by atoms with Crippen molar-refractivity contribution in [1.29, 1.82) is 0 Å². The van der Waals surface area contributed by atoms with Gasteiger partial charge in [-0.3, -0.25) is 0 Å². The van der Waals surface area contributed by atoms with E-state index in [1.807, 2.05) is 0 Å². The predicted octanol–water partition coefficient (Wildman–Crippen LogP) is 3.83. The maximum absolute atomic E-state index is 11.3. The van der Waals surface area contributed by atoms with Gasteiger partial charge in [0.25, 0.3) is 0 Å². The minimum atomic E-state index is -0.544. The first-order valence-electron chi connectivity index (χ1n) is 9.00. The lowest BCUT2D eigenvalue weighted by Gasteiger charge is -2.52. The van der Waals surface area contributed by atoms with Crippen molar-refractivity contribution in [3.63, 3.8) is 0 Å². The minimum absolute atomic E-state index is 0.0812. The van der Waals surface area contributed by atoms with Gasteiger partial charge in [0.05, 0.1) is 23.4 Å². The molecule has 2 heterocycles. The molecule has 2 saturated heterocycles. The van der Waals surface area contributed by atoms with Crippen molar-refractivity contribution in [3.05, 3.63) is 0 Å². The molecular weight excluding hydrogens is 264 g/mol. The van der Waals surface area contributed by atoms with Gasteiger partial charge in [0.2, 0.25) is 0 Å². The molecule has 0 amide bonds. The third-order valence-corrected chi connectivity index (χ3v) is 6.43. The van der Waals surface area contributed by atoms with E-state index in [1.54, 1.807) is 0 Å². The fraction of sp³-hybridized carbons (Fsp3) is 1.00. The Balaban J connectivity index is 1.72. The third-order valence-electron chi connectivity index (χ3n) is 6.43. The van der Waals surface area contributed by atoms with E-state index in [4.69, 9.17) is 9.47 Å². The Bertz CT molecular complexity index is 358. The van der Waals surface area contributed by atoms with Crippen LogP contribution >= 0.6 is 0 Å². The fourth-order valence-corrected chi connectivity index (χ4v) is 4.87. The molecule has 3 rings (SSSR count). The van der Waals surface area contributed by atoms with Crippen molar-refractivity contribution in [3.8, 4) is 0 Å². The molecule has 1 spiro atoms. The van der Waals surface area contributed by atoms with Crippen LogP contribution in [0.5, 0.6) is 0 Å². The molecule has 0 aromatic rings. The van der Waals surface area contributed by atoms with Gasteiger partial charge in [0.15, 0.2) is 0 Å². The van der Waals surface area contributed by atoms with Crippen molar-refractivity contribution in [2.75, 3.05) is 13.2 Å². The molecule has 3 aliphatic rings. The van der Waals surface area contributed by atoms with Gasteiger partial charge < -0.3 is 14.6 Å². The van der Waals surface area contributed by atoms with E-state index in [1.165, 1.54) is 32.1 Å². The van der Waals surface area contributed by atoms with Crippen molar-refractivity contribution in [1.82, 2.24) is 0 Å². The van der Waals surface area contributed by atoms with E-state index in [2.05, 4.69) is 13.8 Å². The molecule has 1 aliphatic carbocycles. The molecule has 0 bridgehead atoms. The van der Waals surface area contributed by atoms with Crippen LogP contribution in [0, 0.1) is 5.92 Å². The average Bonchev–Trinajstić information content (AvgIpc) is 2.48. The lowest BCUT2D eigenvalue weighted by Crippen LogP contribution is -2.55. The highest BCUT2D eigenvalue weighted by molar-refractivity contribution is 5.01. The van der Waals surface area contributed by atoms with E-state index in [0.717, 1.165) is 38.7 Å². The van der Waals surface area contributed by atoms with Crippen molar-refractivity contribution < 1.29 is 14.6 Å². The second kappa shape index (κ2) is 5.82. The lowest BCUT2D eigenvalue weighted by molar-refractivity contribution is -0.207. The SMILES string of the molecule is CCC1(C)CC(O)(C2CCOC3(CCCCC3)C2)CCO1. The van der Waals surface area contributed by atoms with Gasteiger partial charge in [-0.2, -0.15) is 0 Å². The molecule has 3 fully saturated rings. The van der Waals surface area contributed by atoms with E-state index in [0.29, 0.717) is 12.5 Å². The smallest absolute Gasteiger partial charge is 0.0727 e. The van der Waals surface area contributed by atoms with Gasteiger partial charge in [-0.1, -0.05) is 26.2 Å². The van der Waals surface area contributed by atoms with Gasteiger partial charge in [-0.15, -0.1) is 0 Å². The second-order valence-electron chi connectivity index (χ2n) is 7.96. The Kier molecular flexibility index (Phi) is 4.37. The normalized spacial score (nSPS) is 43.9. The molecule has 122 valence electrons. The van der Waals surface area contributed by atoms with Crippen LogP contribution in [0.4, 0.5) is 0 Å². The molecule has 0 aromatic heterocycles. The van der Waals surface area contributed by atoms with Crippen LogP contribution in [0.15, 0.2) is 0 Å². The summed E-state index contributed by atoms with van der Waals surface area (Å²) >= 11 is 0. The topological polar surface area (TPSA) is 38.7 Å². The third kappa shape index (κ3) is 3.16. The zero-order valence-electron chi connectivity index (χ0n) is 13.8. The molecule has 21 heavy (non-hydrogen) atoms. The van der Waals surface area contributed by atoms with Crippen LogP contribution in [0.3, 0.4) is 0 Å². The van der Waals surface area contributed by atoms with E-state index in [9.17, 15) is 5.11 Å². The standard InChI is InChI=1S/C18H32O3/c1-3-16(2)14-18(19,10-12-20-16)15-7-11-21-17(13-15)8-5-4-6-9-17/h15,19H,3-14H2,1-2H3. The molecule has 3 atom stereocenters. The van der Waals surface area contributed by atoms with E-state index in [-0.39, 0.29) is 11.2 Å². The highest BCUT2D eigenvalue weighted by atomic mass is 16.5. The summed E-state index contributed by atoms with van der Waals surface area (Å²) < 4.78 is 12.2. The monoisotopic (exact) mass is 296 g/mol. The van der Waals surface area contributed by atoms with Crippen molar-refractivity contribution >= 4 is 0 Å². The largest absolute Gasteiger partial charge is 0.389 e. The molecule has 1 saturated carbocycles. The number of ether oxygens (including phenoxy) is 2. The van der Waals surface area contributed by atoms with Crippen molar-refractivity contribution in [2.45, 2.75) is 94.9 Å². The Labute approximate surface area is 129 Å². The summed E-state index contributed by atoms with van der Waals surface area (Å²) in [5.41, 5.74) is -0.611. The Hall–Kier alpha value is -0.120. The first-order chi connectivity index (χ1) is 9.99. The minimum Gasteiger partial charge on any atom is -0.389 e. The molecule has 0 radical (unpaired) electrons. The number of hydrogen-bond acceptors (Lipinski definition) is 3. The van der Waals surface area contributed by atoms with Crippen LogP contribution in [-0.2, 0) is 9.47 Å². The summed E-state index contributed by atoms with van der Waals surface area (Å²) in [5, 5.41) is 11.3. The Morgan fingerprint density at radius 3 is 2.52 bits per heavy atom. The summed E-state index contributed by atoms with van der Waals surface area (Å²) in [7, 11) is 0. The van der Waals surface area contributed by atoms with Crippen LogP contribution in [0.25, 0.3) is 0 Å². The molecule has 1 N–H and O–H groups in total. The Morgan fingerprint density at radius 2 is 1.81 bits per heavy atom. The molecule has 3 heteroatoms. The predicted molar refractivity (Wildman–Crippen MR) is 83.3 cm³/mol. The molecule has 0 aromatic carbocycles. The maximum atomic E-state index is 11.3. The van der Waals surface area contributed by atoms with Gasteiger partial charge >= 0.3 is 0 Å². The summed E-state index contributed by atoms with van der Waals surface area (Å²) in [4.78, 5) is 0. The number of hydrogen-bond donors (Lipinski definition) is 1. The maximum Gasteiger partial charge on any atom is 0.0727 e. The van der Waals surface area contributed by atoms with E-state index >= 15 is 0 Å². The number of rotatable bonds is 2. The summed E-state index contributed by atoms with van der Waals surface area (Å²) in [6.07, 6.45) is 11.0. The summed E-state index contributed by atoms with van der Waals surface area (Å²) in [5.74, 6) is 0.388. The highest BCUT2D eigenvalue weighted by Crippen LogP contribution is 2.48. The van der Waals surface area contributed by atoms with Crippen LogP contribution in [0.1, 0.15) is 78.1 Å². The first-order valence-corrected chi connectivity index (χ1v) is 9.00. The van der Waals surface area contributed by atoms with Crippen LogP contribution in [-0.4, -0.2) is 35.1 Å². The van der Waals surface area contributed by atoms with Crippen LogP contribution in [0.2, 0.25) is 0 Å². The zero-order valence-corrected chi connectivity index (χ0v) is 13.8. The Morgan fingerprint density at radius 1 is 1.05 bits per heavy atom. The molecule has 3 unspecified atom stereocenters. The molecule has 3 nitrogen and oxygen atoms in total. The fourth-order valence-electron chi connectivity index (χ4n) is 4.87. The number of aliphatic hydroxyl groups is 1. The average molecular weight is 296 g/mol. The van der Waals surface area contributed by atoms with E-state index < -0.39 is 5.60 Å².